The maximum absolute atomic E-state index is 6.15. The molecule has 1 fully saturated rings. The lowest BCUT2D eigenvalue weighted by Crippen LogP contribution is -2.44. The van der Waals surface area contributed by atoms with Crippen LogP contribution in [0.1, 0.15) is 38.7 Å². The molecule has 2 nitrogen and oxygen atoms in total. The highest BCUT2D eigenvalue weighted by Crippen LogP contribution is 2.40. The van der Waals surface area contributed by atoms with Gasteiger partial charge in [0.1, 0.15) is 0 Å². The van der Waals surface area contributed by atoms with Gasteiger partial charge in [-0.1, -0.05) is 51.1 Å². The molecule has 0 radical (unpaired) electrons. The summed E-state index contributed by atoms with van der Waals surface area (Å²) in [5.41, 5.74) is 7.79. The highest BCUT2D eigenvalue weighted by atomic mass is 15.0. The lowest BCUT2D eigenvalue weighted by Gasteiger charge is -2.27. The summed E-state index contributed by atoms with van der Waals surface area (Å²) in [6.45, 7) is 7.50. The van der Waals surface area contributed by atoms with Crippen LogP contribution in [0.5, 0.6) is 0 Å². The third kappa shape index (κ3) is 3.30. The molecule has 3 N–H and O–H groups in total. The Balaban J connectivity index is 1.78. The van der Waals surface area contributed by atoms with Gasteiger partial charge in [-0.25, -0.2) is 0 Å². The Morgan fingerprint density at radius 2 is 1.94 bits per heavy atom. The molecule has 0 heterocycles. The van der Waals surface area contributed by atoms with E-state index in [1.54, 1.807) is 0 Å². The Morgan fingerprint density at radius 3 is 2.53 bits per heavy atom. The second-order valence-electron chi connectivity index (χ2n) is 6.24. The number of hydrogen-bond donors (Lipinski definition) is 2. The second-order valence-corrected chi connectivity index (χ2v) is 6.24. The molecule has 0 spiro atoms. The summed E-state index contributed by atoms with van der Waals surface area (Å²) in [6.07, 6.45) is 1.25. The van der Waals surface area contributed by atoms with Crippen molar-refractivity contribution in [2.24, 2.45) is 11.1 Å². The van der Waals surface area contributed by atoms with Crippen molar-refractivity contribution in [2.75, 3.05) is 6.54 Å². The van der Waals surface area contributed by atoms with E-state index >= 15 is 0 Å². The van der Waals surface area contributed by atoms with Gasteiger partial charge in [-0.05, 0) is 17.4 Å². The van der Waals surface area contributed by atoms with Crippen LogP contribution in [0.2, 0.25) is 0 Å². The molecule has 3 unspecified atom stereocenters. The molecule has 2 rings (SSSR count). The van der Waals surface area contributed by atoms with Crippen molar-refractivity contribution < 1.29 is 0 Å². The van der Waals surface area contributed by atoms with Crippen molar-refractivity contribution in [2.45, 2.75) is 45.2 Å². The summed E-state index contributed by atoms with van der Waals surface area (Å²) < 4.78 is 0. The van der Waals surface area contributed by atoms with Crippen LogP contribution in [0.3, 0.4) is 0 Å². The van der Waals surface area contributed by atoms with E-state index in [2.05, 4.69) is 56.4 Å². The van der Waals surface area contributed by atoms with Crippen molar-refractivity contribution in [1.82, 2.24) is 5.32 Å². The van der Waals surface area contributed by atoms with Gasteiger partial charge in [0.2, 0.25) is 0 Å². The molecular weight excluding hydrogens is 208 g/mol. The summed E-state index contributed by atoms with van der Waals surface area (Å²) >= 11 is 0. The molecule has 94 valence electrons. The molecule has 1 aliphatic carbocycles. The Morgan fingerprint density at radius 1 is 1.29 bits per heavy atom. The summed E-state index contributed by atoms with van der Waals surface area (Å²) in [7, 11) is 0. The molecule has 1 saturated carbocycles. The first kappa shape index (κ1) is 12.6. The largest absolute Gasteiger partial charge is 0.326 e. The fourth-order valence-corrected chi connectivity index (χ4v) is 2.07. The van der Waals surface area contributed by atoms with Crippen LogP contribution in [0.25, 0.3) is 0 Å². The van der Waals surface area contributed by atoms with Gasteiger partial charge in [0.05, 0.1) is 0 Å². The highest BCUT2D eigenvalue weighted by Gasteiger charge is 2.38. The molecule has 3 atom stereocenters. The number of nitrogens with two attached hydrogens (primary N) is 1. The van der Waals surface area contributed by atoms with Crippen LogP contribution in [0, 0.1) is 5.41 Å². The first-order valence-electron chi connectivity index (χ1n) is 6.52. The average molecular weight is 232 g/mol. The number of hydrogen-bond acceptors (Lipinski definition) is 2. The van der Waals surface area contributed by atoms with Gasteiger partial charge in [-0.3, -0.25) is 0 Å². The third-order valence-electron chi connectivity index (χ3n) is 3.73. The Hall–Kier alpha value is -0.860. The van der Waals surface area contributed by atoms with E-state index in [0.717, 1.165) is 6.54 Å². The highest BCUT2D eigenvalue weighted by molar-refractivity contribution is 5.27. The van der Waals surface area contributed by atoms with Crippen molar-refractivity contribution in [3.63, 3.8) is 0 Å². The molecule has 1 aromatic rings. The van der Waals surface area contributed by atoms with Gasteiger partial charge in [0, 0.05) is 24.5 Å². The Labute approximate surface area is 105 Å². The van der Waals surface area contributed by atoms with Crippen LogP contribution in [-0.2, 0) is 0 Å². The minimum Gasteiger partial charge on any atom is -0.326 e. The van der Waals surface area contributed by atoms with Gasteiger partial charge in [-0.15, -0.1) is 0 Å². The smallest absolute Gasteiger partial charge is 0.0214 e. The van der Waals surface area contributed by atoms with Crippen molar-refractivity contribution in [1.29, 1.82) is 0 Å². The van der Waals surface area contributed by atoms with E-state index in [-0.39, 0.29) is 11.5 Å². The normalized spacial score (nSPS) is 25.6. The molecule has 0 aliphatic heterocycles. The van der Waals surface area contributed by atoms with Gasteiger partial charge in [0.25, 0.3) is 0 Å². The minimum atomic E-state index is 0.185. The molecule has 1 aliphatic rings. The first-order valence-corrected chi connectivity index (χ1v) is 6.52. The predicted octanol–water partition coefficient (Wildman–Crippen LogP) is 2.51. The number of benzene rings is 1. The first-order chi connectivity index (χ1) is 7.98. The quantitative estimate of drug-likeness (QED) is 0.837. The molecule has 0 saturated heterocycles. The summed E-state index contributed by atoms with van der Waals surface area (Å²) in [5, 5.41) is 3.59. The van der Waals surface area contributed by atoms with Crippen LogP contribution >= 0.6 is 0 Å². The standard InChI is InChI=1S/C15H24N2/c1-15(2,3)14(16)10-17-13-9-12(13)11-7-5-4-6-8-11/h4-8,12-14,17H,9-10,16H2,1-3H3. The molecule has 0 aromatic heterocycles. The van der Waals surface area contributed by atoms with Crippen molar-refractivity contribution in [3.05, 3.63) is 35.9 Å². The second kappa shape index (κ2) is 4.79. The fraction of sp³-hybridized carbons (Fsp3) is 0.600. The van der Waals surface area contributed by atoms with Gasteiger partial charge < -0.3 is 11.1 Å². The van der Waals surface area contributed by atoms with Crippen molar-refractivity contribution in [3.8, 4) is 0 Å². The maximum Gasteiger partial charge on any atom is 0.0214 e. The molecule has 17 heavy (non-hydrogen) atoms. The molecule has 1 aromatic carbocycles. The van der Waals surface area contributed by atoms with E-state index in [0.29, 0.717) is 12.0 Å². The van der Waals surface area contributed by atoms with Gasteiger partial charge in [0.15, 0.2) is 0 Å². The number of rotatable bonds is 4. The minimum absolute atomic E-state index is 0.185. The Kier molecular flexibility index (Phi) is 3.55. The molecule has 0 amide bonds. The fourth-order valence-electron chi connectivity index (χ4n) is 2.07. The van der Waals surface area contributed by atoms with Gasteiger partial charge in [-0.2, -0.15) is 0 Å². The summed E-state index contributed by atoms with van der Waals surface area (Å²) in [4.78, 5) is 0. The van der Waals surface area contributed by atoms with Crippen LogP contribution in [-0.4, -0.2) is 18.6 Å². The van der Waals surface area contributed by atoms with Gasteiger partial charge >= 0.3 is 0 Å². The zero-order valence-electron chi connectivity index (χ0n) is 11.1. The van der Waals surface area contributed by atoms with Crippen LogP contribution < -0.4 is 11.1 Å². The Bertz CT molecular complexity index is 353. The lowest BCUT2D eigenvalue weighted by atomic mass is 9.87. The summed E-state index contributed by atoms with van der Waals surface area (Å²) in [6, 6.07) is 11.6. The molecule has 0 bridgehead atoms. The predicted molar refractivity (Wildman–Crippen MR) is 73.0 cm³/mol. The van der Waals surface area contributed by atoms with E-state index < -0.39 is 0 Å². The zero-order valence-corrected chi connectivity index (χ0v) is 11.1. The zero-order chi connectivity index (χ0) is 12.5. The lowest BCUT2D eigenvalue weighted by molar-refractivity contribution is 0.308. The third-order valence-corrected chi connectivity index (χ3v) is 3.73. The number of nitrogens with one attached hydrogen (secondary N) is 1. The van der Waals surface area contributed by atoms with Crippen molar-refractivity contribution >= 4 is 0 Å². The van der Waals surface area contributed by atoms with E-state index in [9.17, 15) is 0 Å². The average Bonchev–Trinajstić information content (AvgIpc) is 3.05. The SMILES string of the molecule is CC(C)(C)C(N)CNC1CC1c1ccccc1. The topological polar surface area (TPSA) is 38.0 Å². The van der Waals surface area contributed by atoms with E-state index in [4.69, 9.17) is 5.73 Å². The monoisotopic (exact) mass is 232 g/mol. The molecule has 2 heteroatoms. The summed E-state index contributed by atoms with van der Waals surface area (Å²) in [5.74, 6) is 0.698. The van der Waals surface area contributed by atoms with Crippen LogP contribution in [0.15, 0.2) is 30.3 Å². The van der Waals surface area contributed by atoms with Crippen LogP contribution in [0.4, 0.5) is 0 Å². The van der Waals surface area contributed by atoms with E-state index in [1.807, 2.05) is 0 Å². The molecular formula is C15H24N2. The van der Waals surface area contributed by atoms with E-state index in [1.165, 1.54) is 12.0 Å². The maximum atomic E-state index is 6.15.